The molecule has 0 heterocycles. The fraction of sp³-hybridized carbons (Fsp3) is 0.136. The third-order valence-electron chi connectivity index (χ3n) is 4.29. The average molecular weight is 427 g/mol. The van der Waals surface area contributed by atoms with Gasteiger partial charge >= 0.3 is 0 Å². The Bertz CT molecular complexity index is 1080. The zero-order valence-corrected chi connectivity index (χ0v) is 17.8. The number of rotatable bonds is 7. The van der Waals surface area contributed by atoms with Crippen molar-refractivity contribution < 1.29 is 13.2 Å². The highest BCUT2D eigenvalue weighted by Crippen LogP contribution is 2.24. The van der Waals surface area contributed by atoms with Gasteiger partial charge in [0.15, 0.2) is 0 Å². The number of para-hydroxylation sites is 1. The van der Waals surface area contributed by atoms with Crippen LogP contribution in [0, 0.1) is 6.92 Å². The second kappa shape index (κ2) is 9.15. The van der Waals surface area contributed by atoms with Crippen molar-refractivity contribution in [2.45, 2.75) is 16.7 Å². The average Bonchev–Trinajstić information content (AvgIpc) is 2.73. The van der Waals surface area contributed by atoms with Gasteiger partial charge in [0.25, 0.3) is 10.0 Å². The van der Waals surface area contributed by atoms with E-state index >= 15 is 0 Å². The molecule has 0 aliphatic heterocycles. The van der Waals surface area contributed by atoms with Crippen LogP contribution in [0.3, 0.4) is 0 Å². The molecule has 0 fully saturated rings. The van der Waals surface area contributed by atoms with Crippen molar-refractivity contribution in [3.05, 3.63) is 84.4 Å². The predicted octanol–water partition coefficient (Wildman–Crippen LogP) is 4.55. The Morgan fingerprint density at radius 3 is 2.34 bits per heavy atom. The van der Waals surface area contributed by atoms with E-state index in [9.17, 15) is 13.2 Å². The Hall–Kier alpha value is -2.77. The molecule has 0 aromatic heterocycles. The summed E-state index contributed by atoms with van der Waals surface area (Å²) >= 11 is 1.43. The maximum atomic E-state index is 12.9. The number of nitrogens with one attached hydrogen (secondary N) is 1. The molecule has 0 spiro atoms. The van der Waals surface area contributed by atoms with Crippen LogP contribution in [0.25, 0.3) is 0 Å². The third-order valence-corrected chi connectivity index (χ3v) is 7.08. The fourth-order valence-corrected chi connectivity index (χ4v) is 4.59. The third kappa shape index (κ3) is 5.40. The van der Waals surface area contributed by atoms with Crippen LogP contribution in [0.2, 0.25) is 0 Å². The molecule has 0 bridgehead atoms. The van der Waals surface area contributed by atoms with Crippen molar-refractivity contribution in [1.82, 2.24) is 0 Å². The SMILES string of the molecule is Cc1ccc(SCC(=O)Nc2cccc(S(=O)(=O)N(C)c3ccccc3)c2)cc1. The lowest BCUT2D eigenvalue weighted by Gasteiger charge is -2.19. The smallest absolute Gasteiger partial charge is 0.264 e. The highest BCUT2D eigenvalue weighted by atomic mass is 32.2. The molecule has 0 unspecified atom stereocenters. The summed E-state index contributed by atoms with van der Waals surface area (Å²) in [5.41, 5.74) is 2.18. The Labute approximate surface area is 175 Å². The minimum atomic E-state index is -3.73. The van der Waals surface area contributed by atoms with Gasteiger partial charge in [0.2, 0.25) is 5.91 Å². The van der Waals surface area contributed by atoms with Crippen molar-refractivity contribution in [2.75, 3.05) is 22.4 Å². The molecule has 3 aromatic carbocycles. The normalized spacial score (nSPS) is 11.1. The van der Waals surface area contributed by atoms with E-state index in [2.05, 4.69) is 5.32 Å². The van der Waals surface area contributed by atoms with E-state index < -0.39 is 10.0 Å². The van der Waals surface area contributed by atoms with Crippen LogP contribution in [0.1, 0.15) is 5.56 Å². The molecule has 29 heavy (non-hydrogen) atoms. The molecule has 0 radical (unpaired) electrons. The van der Waals surface area contributed by atoms with Gasteiger partial charge in [-0.3, -0.25) is 9.10 Å². The molecule has 3 rings (SSSR count). The second-order valence-corrected chi connectivity index (χ2v) is 9.50. The van der Waals surface area contributed by atoms with Gasteiger partial charge in [-0.05, 0) is 49.4 Å². The predicted molar refractivity (Wildman–Crippen MR) is 119 cm³/mol. The quantitative estimate of drug-likeness (QED) is 0.563. The zero-order valence-electron chi connectivity index (χ0n) is 16.2. The first-order chi connectivity index (χ1) is 13.9. The maximum Gasteiger partial charge on any atom is 0.264 e. The van der Waals surface area contributed by atoms with Crippen molar-refractivity contribution >= 4 is 39.1 Å². The van der Waals surface area contributed by atoms with Crippen LogP contribution < -0.4 is 9.62 Å². The van der Waals surface area contributed by atoms with Gasteiger partial charge in [0.1, 0.15) is 0 Å². The summed E-state index contributed by atoms with van der Waals surface area (Å²) in [5.74, 6) is 0.0470. The Morgan fingerprint density at radius 2 is 1.66 bits per heavy atom. The van der Waals surface area contributed by atoms with Crippen molar-refractivity contribution in [3.8, 4) is 0 Å². The number of hydrogen-bond donors (Lipinski definition) is 1. The first kappa shape index (κ1) is 21.0. The van der Waals surface area contributed by atoms with Gasteiger partial charge in [0.05, 0.1) is 16.3 Å². The summed E-state index contributed by atoms with van der Waals surface area (Å²) in [6, 6.07) is 23.1. The summed E-state index contributed by atoms with van der Waals surface area (Å²) < 4.78 is 27.1. The number of sulfonamides is 1. The maximum absolute atomic E-state index is 12.9. The molecule has 0 atom stereocenters. The van der Waals surface area contributed by atoms with Crippen LogP contribution in [-0.4, -0.2) is 27.1 Å². The minimum Gasteiger partial charge on any atom is -0.325 e. The summed E-state index contributed by atoms with van der Waals surface area (Å²) in [6.45, 7) is 2.01. The van der Waals surface area contributed by atoms with Crippen molar-refractivity contribution in [3.63, 3.8) is 0 Å². The summed E-state index contributed by atoms with van der Waals surface area (Å²) in [4.78, 5) is 13.4. The van der Waals surface area contributed by atoms with Gasteiger partial charge in [0, 0.05) is 17.6 Å². The Morgan fingerprint density at radius 1 is 0.966 bits per heavy atom. The number of thioether (sulfide) groups is 1. The van der Waals surface area contributed by atoms with E-state index in [1.54, 1.807) is 36.4 Å². The van der Waals surface area contributed by atoms with Gasteiger partial charge in [-0.25, -0.2) is 8.42 Å². The minimum absolute atomic E-state index is 0.118. The standard InChI is InChI=1S/C22H22N2O3S2/c1-17-11-13-20(14-12-17)28-16-22(25)23-18-7-6-10-21(15-18)29(26,27)24(2)19-8-4-3-5-9-19/h3-15H,16H2,1-2H3,(H,23,25). The topological polar surface area (TPSA) is 66.5 Å². The van der Waals surface area contributed by atoms with Crippen LogP contribution in [0.15, 0.2) is 88.7 Å². The Kier molecular flexibility index (Phi) is 6.61. The number of carbonyl (C=O) groups is 1. The summed E-state index contributed by atoms with van der Waals surface area (Å²) in [5, 5.41) is 2.77. The number of nitrogens with zero attached hydrogens (tertiary/aromatic N) is 1. The lowest BCUT2D eigenvalue weighted by Crippen LogP contribution is -2.26. The molecule has 1 amide bonds. The number of anilines is 2. The number of amides is 1. The molecule has 5 nitrogen and oxygen atoms in total. The lowest BCUT2D eigenvalue weighted by molar-refractivity contribution is -0.113. The zero-order chi connectivity index (χ0) is 20.9. The highest BCUT2D eigenvalue weighted by molar-refractivity contribution is 8.00. The van der Waals surface area contributed by atoms with Crippen LogP contribution in [0.5, 0.6) is 0 Å². The van der Waals surface area contributed by atoms with Gasteiger partial charge in [-0.15, -0.1) is 11.8 Å². The molecular formula is C22H22N2O3S2. The van der Waals surface area contributed by atoms with Gasteiger partial charge in [-0.1, -0.05) is 42.0 Å². The number of hydrogen-bond acceptors (Lipinski definition) is 4. The molecule has 0 saturated heterocycles. The van der Waals surface area contributed by atoms with E-state index in [0.717, 1.165) is 10.5 Å². The Balaban J connectivity index is 1.68. The summed E-state index contributed by atoms with van der Waals surface area (Å²) in [7, 11) is -2.22. The summed E-state index contributed by atoms with van der Waals surface area (Å²) in [6.07, 6.45) is 0. The highest BCUT2D eigenvalue weighted by Gasteiger charge is 2.21. The van der Waals surface area contributed by atoms with Crippen LogP contribution in [-0.2, 0) is 14.8 Å². The van der Waals surface area contributed by atoms with E-state index in [1.165, 1.54) is 35.2 Å². The largest absolute Gasteiger partial charge is 0.325 e. The molecule has 0 aliphatic carbocycles. The molecular weight excluding hydrogens is 404 g/mol. The molecule has 7 heteroatoms. The second-order valence-electron chi connectivity index (χ2n) is 6.49. The molecule has 0 saturated carbocycles. The van der Waals surface area contributed by atoms with E-state index in [1.807, 2.05) is 37.3 Å². The number of aryl methyl sites for hydroxylation is 1. The van der Waals surface area contributed by atoms with Crippen LogP contribution >= 0.6 is 11.8 Å². The monoisotopic (exact) mass is 426 g/mol. The van der Waals surface area contributed by atoms with Crippen molar-refractivity contribution in [1.29, 1.82) is 0 Å². The fourth-order valence-electron chi connectivity index (χ4n) is 2.65. The van der Waals surface area contributed by atoms with E-state index in [0.29, 0.717) is 11.4 Å². The molecule has 3 aromatic rings. The number of benzene rings is 3. The first-order valence-electron chi connectivity index (χ1n) is 8.99. The van der Waals surface area contributed by atoms with Gasteiger partial charge in [-0.2, -0.15) is 0 Å². The van der Waals surface area contributed by atoms with Crippen molar-refractivity contribution in [2.24, 2.45) is 0 Å². The van der Waals surface area contributed by atoms with Crippen LogP contribution in [0.4, 0.5) is 11.4 Å². The molecule has 150 valence electrons. The van der Waals surface area contributed by atoms with E-state index in [4.69, 9.17) is 0 Å². The molecule has 1 N–H and O–H groups in total. The van der Waals surface area contributed by atoms with E-state index in [-0.39, 0.29) is 16.6 Å². The first-order valence-corrected chi connectivity index (χ1v) is 11.4. The molecule has 0 aliphatic rings. The van der Waals surface area contributed by atoms with Gasteiger partial charge < -0.3 is 5.32 Å². The lowest BCUT2D eigenvalue weighted by atomic mass is 10.2. The number of carbonyl (C=O) groups excluding carboxylic acids is 1.